The molecule has 1 saturated heterocycles. The van der Waals surface area contributed by atoms with E-state index in [9.17, 15) is 13.2 Å². The highest BCUT2D eigenvalue weighted by Gasteiger charge is 2.32. The Morgan fingerprint density at radius 1 is 1.35 bits per heavy atom. The van der Waals surface area contributed by atoms with Crippen LogP contribution < -0.4 is 4.74 Å². The molecule has 0 N–H and O–H groups in total. The molecule has 1 fully saturated rings. The lowest BCUT2D eigenvalue weighted by Crippen LogP contribution is -2.38. The molecule has 1 atom stereocenters. The summed E-state index contributed by atoms with van der Waals surface area (Å²) < 4.78 is 28.3. The molecule has 0 radical (unpaired) electrons. The Labute approximate surface area is 119 Å². The van der Waals surface area contributed by atoms with Crippen molar-refractivity contribution in [2.45, 2.75) is 18.9 Å². The number of ether oxygens (including phenoxy) is 1. The summed E-state index contributed by atoms with van der Waals surface area (Å²) in [6.07, 6.45) is 0.784. The van der Waals surface area contributed by atoms with Gasteiger partial charge in [0.05, 0.1) is 24.5 Å². The van der Waals surface area contributed by atoms with Crippen LogP contribution in [-0.2, 0) is 14.6 Å². The second kappa shape index (κ2) is 6.26. The molecular formula is C14H19NO4S. The van der Waals surface area contributed by atoms with Crippen molar-refractivity contribution in [1.82, 2.24) is 4.90 Å². The number of rotatable bonds is 5. The lowest BCUT2D eigenvalue weighted by Gasteiger charge is -2.23. The van der Waals surface area contributed by atoms with Gasteiger partial charge < -0.3 is 9.64 Å². The van der Waals surface area contributed by atoms with Gasteiger partial charge in [0.2, 0.25) is 5.91 Å². The molecule has 110 valence electrons. The highest BCUT2D eigenvalue weighted by atomic mass is 32.2. The van der Waals surface area contributed by atoms with Crippen molar-refractivity contribution in [1.29, 1.82) is 0 Å². The van der Waals surface area contributed by atoms with Crippen LogP contribution in [0.3, 0.4) is 0 Å². The molecule has 0 spiro atoms. The minimum atomic E-state index is -2.96. The molecule has 0 aliphatic carbocycles. The first-order valence-corrected chi connectivity index (χ1v) is 8.44. The maximum absolute atomic E-state index is 12.0. The number of amides is 1. The van der Waals surface area contributed by atoms with Crippen molar-refractivity contribution in [3.05, 3.63) is 30.3 Å². The van der Waals surface area contributed by atoms with Crippen LogP contribution in [-0.4, -0.2) is 50.4 Å². The van der Waals surface area contributed by atoms with Crippen LogP contribution in [0, 0.1) is 0 Å². The van der Waals surface area contributed by atoms with Gasteiger partial charge in [-0.05, 0) is 18.6 Å². The Kier molecular flexibility index (Phi) is 4.65. The highest BCUT2D eigenvalue weighted by Crippen LogP contribution is 2.17. The molecule has 1 aromatic rings. The lowest BCUT2D eigenvalue weighted by molar-refractivity contribution is -0.132. The van der Waals surface area contributed by atoms with Gasteiger partial charge in [-0.3, -0.25) is 4.79 Å². The highest BCUT2D eigenvalue weighted by molar-refractivity contribution is 7.91. The van der Waals surface area contributed by atoms with E-state index in [0.717, 1.165) is 5.75 Å². The Morgan fingerprint density at radius 3 is 2.65 bits per heavy atom. The van der Waals surface area contributed by atoms with Gasteiger partial charge in [-0.2, -0.15) is 0 Å². The SMILES string of the molecule is CN(C(=O)CCOc1ccccc1)C1CCS(=O)(=O)C1. The summed E-state index contributed by atoms with van der Waals surface area (Å²) >= 11 is 0. The van der Waals surface area contributed by atoms with E-state index >= 15 is 0 Å². The van der Waals surface area contributed by atoms with E-state index in [1.54, 1.807) is 11.9 Å². The standard InChI is InChI=1S/C14H19NO4S/c1-15(12-8-10-20(17,18)11-12)14(16)7-9-19-13-5-3-2-4-6-13/h2-6,12H,7-11H2,1H3. The van der Waals surface area contributed by atoms with Crippen LogP contribution in [0.4, 0.5) is 0 Å². The molecule has 0 bridgehead atoms. The summed E-state index contributed by atoms with van der Waals surface area (Å²) in [5, 5.41) is 0. The van der Waals surface area contributed by atoms with Gasteiger partial charge in [0, 0.05) is 13.1 Å². The van der Waals surface area contributed by atoms with Crippen molar-refractivity contribution in [2.24, 2.45) is 0 Å². The van der Waals surface area contributed by atoms with E-state index in [4.69, 9.17) is 4.74 Å². The maximum atomic E-state index is 12.0. The molecule has 2 rings (SSSR count). The van der Waals surface area contributed by atoms with E-state index in [2.05, 4.69) is 0 Å². The molecule has 1 aliphatic heterocycles. The molecular weight excluding hydrogens is 278 g/mol. The molecule has 0 aromatic heterocycles. The van der Waals surface area contributed by atoms with Crippen LogP contribution in [0.15, 0.2) is 30.3 Å². The summed E-state index contributed by atoms with van der Waals surface area (Å²) in [4.78, 5) is 13.5. The zero-order chi connectivity index (χ0) is 14.6. The number of hydrogen-bond acceptors (Lipinski definition) is 4. The molecule has 1 aliphatic rings. The van der Waals surface area contributed by atoms with Crippen LogP contribution >= 0.6 is 0 Å². The zero-order valence-corrected chi connectivity index (χ0v) is 12.3. The predicted octanol–water partition coefficient (Wildman–Crippen LogP) is 1.10. The quantitative estimate of drug-likeness (QED) is 0.816. The summed E-state index contributed by atoms with van der Waals surface area (Å²) in [5.41, 5.74) is 0. The summed E-state index contributed by atoms with van der Waals surface area (Å²) in [5.74, 6) is 0.902. The van der Waals surface area contributed by atoms with Gasteiger partial charge in [-0.25, -0.2) is 8.42 Å². The largest absolute Gasteiger partial charge is 0.493 e. The third kappa shape index (κ3) is 3.96. The number of benzene rings is 1. The number of carbonyl (C=O) groups is 1. The first kappa shape index (κ1) is 14.8. The fourth-order valence-corrected chi connectivity index (χ4v) is 4.01. The Morgan fingerprint density at radius 2 is 2.05 bits per heavy atom. The van der Waals surface area contributed by atoms with Crippen LogP contribution in [0.5, 0.6) is 5.75 Å². The first-order chi connectivity index (χ1) is 9.48. The topological polar surface area (TPSA) is 63.7 Å². The van der Waals surface area contributed by atoms with Crippen molar-refractivity contribution < 1.29 is 17.9 Å². The third-order valence-corrected chi connectivity index (χ3v) is 5.23. The van der Waals surface area contributed by atoms with E-state index in [1.807, 2.05) is 30.3 Å². The average Bonchev–Trinajstić information content (AvgIpc) is 2.79. The van der Waals surface area contributed by atoms with Crippen molar-refractivity contribution in [3.63, 3.8) is 0 Å². The van der Waals surface area contributed by atoms with Gasteiger partial charge in [0.15, 0.2) is 9.84 Å². The summed E-state index contributed by atoms with van der Waals surface area (Å²) in [6, 6.07) is 9.10. The number of nitrogens with zero attached hydrogens (tertiary/aromatic N) is 1. The van der Waals surface area contributed by atoms with E-state index in [-0.39, 0.29) is 29.9 Å². The van der Waals surface area contributed by atoms with Crippen molar-refractivity contribution in [3.8, 4) is 5.75 Å². The molecule has 1 heterocycles. The number of hydrogen-bond donors (Lipinski definition) is 0. The molecule has 1 amide bonds. The first-order valence-electron chi connectivity index (χ1n) is 6.62. The van der Waals surface area contributed by atoms with E-state index < -0.39 is 9.84 Å². The smallest absolute Gasteiger partial charge is 0.226 e. The predicted molar refractivity (Wildman–Crippen MR) is 76.4 cm³/mol. The Hall–Kier alpha value is -1.56. The number of para-hydroxylation sites is 1. The lowest BCUT2D eigenvalue weighted by atomic mass is 10.2. The van der Waals surface area contributed by atoms with Crippen molar-refractivity contribution in [2.75, 3.05) is 25.2 Å². The number of carbonyl (C=O) groups excluding carboxylic acids is 1. The van der Waals surface area contributed by atoms with Gasteiger partial charge in [0.25, 0.3) is 0 Å². The molecule has 0 saturated carbocycles. The summed E-state index contributed by atoms with van der Waals surface area (Å²) in [6.45, 7) is 0.298. The zero-order valence-electron chi connectivity index (χ0n) is 11.5. The van der Waals surface area contributed by atoms with Crippen LogP contribution in [0.1, 0.15) is 12.8 Å². The third-order valence-electron chi connectivity index (χ3n) is 3.48. The molecule has 20 heavy (non-hydrogen) atoms. The maximum Gasteiger partial charge on any atom is 0.226 e. The van der Waals surface area contributed by atoms with E-state index in [1.165, 1.54) is 0 Å². The van der Waals surface area contributed by atoms with Crippen LogP contribution in [0.2, 0.25) is 0 Å². The fraction of sp³-hybridized carbons (Fsp3) is 0.500. The molecule has 6 heteroatoms. The monoisotopic (exact) mass is 297 g/mol. The van der Waals surface area contributed by atoms with Crippen molar-refractivity contribution >= 4 is 15.7 Å². The fourth-order valence-electron chi connectivity index (χ4n) is 2.23. The van der Waals surface area contributed by atoms with E-state index in [0.29, 0.717) is 13.0 Å². The van der Waals surface area contributed by atoms with Gasteiger partial charge >= 0.3 is 0 Å². The van der Waals surface area contributed by atoms with Gasteiger partial charge in [-0.1, -0.05) is 18.2 Å². The van der Waals surface area contributed by atoms with Crippen LogP contribution in [0.25, 0.3) is 0 Å². The van der Waals surface area contributed by atoms with Gasteiger partial charge in [0.1, 0.15) is 5.75 Å². The summed E-state index contributed by atoms with van der Waals surface area (Å²) in [7, 11) is -1.30. The minimum Gasteiger partial charge on any atom is -0.493 e. The molecule has 5 nitrogen and oxygen atoms in total. The molecule has 1 aromatic carbocycles. The Bertz CT molecular complexity index is 556. The number of sulfone groups is 1. The Balaban J connectivity index is 1.77. The van der Waals surface area contributed by atoms with Gasteiger partial charge in [-0.15, -0.1) is 0 Å². The minimum absolute atomic E-state index is 0.0782. The normalized spacial score (nSPS) is 20.6. The molecule has 1 unspecified atom stereocenters. The second-order valence-corrected chi connectivity index (χ2v) is 7.20. The second-order valence-electron chi connectivity index (χ2n) is 4.97. The average molecular weight is 297 g/mol.